The van der Waals surface area contributed by atoms with Gasteiger partial charge in [-0.3, -0.25) is 0 Å². The molecule has 0 radical (unpaired) electrons. The summed E-state index contributed by atoms with van der Waals surface area (Å²) < 4.78 is 6.37. The summed E-state index contributed by atoms with van der Waals surface area (Å²) in [5.74, 6) is 0.467. The largest absolute Gasteiger partial charge is 0.393 e. The second-order valence-corrected chi connectivity index (χ2v) is 11.5. The summed E-state index contributed by atoms with van der Waals surface area (Å²) in [4.78, 5) is 0. The number of ether oxygens (including phenoxy) is 1. The van der Waals surface area contributed by atoms with Gasteiger partial charge in [0.25, 0.3) is 0 Å². The maximum Gasteiger partial charge on any atom is 0.0840 e. The number of hydrogen-bond donors (Lipinski definition) is 3. The molecule has 3 aliphatic carbocycles. The second-order valence-electron chi connectivity index (χ2n) is 11.5. The van der Waals surface area contributed by atoms with Crippen LogP contribution in [0.2, 0.25) is 0 Å². The Balaban J connectivity index is 1.72. The maximum atomic E-state index is 10.1. The first-order valence-electron chi connectivity index (χ1n) is 12.4. The molecular weight excluding hydrogens is 400 g/mol. The van der Waals surface area contributed by atoms with Gasteiger partial charge in [0.05, 0.1) is 23.4 Å². The van der Waals surface area contributed by atoms with E-state index < -0.39 is 17.8 Å². The van der Waals surface area contributed by atoms with Crippen LogP contribution in [-0.4, -0.2) is 45.3 Å². The number of allylic oxidation sites excluding steroid dienone is 4. The van der Waals surface area contributed by atoms with Crippen molar-refractivity contribution in [2.24, 2.45) is 11.3 Å². The molecule has 2 saturated carbocycles. The number of aliphatic hydroxyl groups is 3. The van der Waals surface area contributed by atoms with Gasteiger partial charge in [-0.25, -0.2) is 0 Å². The van der Waals surface area contributed by atoms with E-state index in [0.29, 0.717) is 25.4 Å². The molecule has 3 rings (SSSR count). The van der Waals surface area contributed by atoms with Gasteiger partial charge in [-0.15, -0.1) is 0 Å². The normalized spacial score (nSPS) is 34.2. The molecule has 0 spiro atoms. The van der Waals surface area contributed by atoms with Gasteiger partial charge in [-0.05, 0) is 101 Å². The van der Waals surface area contributed by atoms with Crippen LogP contribution in [0.15, 0.2) is 47.1 Å². The van der Waals surface area contributed by atoms with Gasteiger partial charge < -0.3 is 20.1 Å². The summed E-state index contributed by atoms with van der Waals surface area (Å²) in [5, 5.41) is 30.2. The summed E-state index contributed by atoms with van der Waals surface area (Å²) in [6.07, 6.45) is 12.6. The molecule has 0 aromatic heterocycles. The minimum atomic E-state index is -0.648. The average Bonchev–Trinajstić information content (AvgIpc) is 3.04. The van der Waals surface area contributed by atoms with Crippen LogP contribution in [0.5, 0.6) is 0 Å². The number of aliphatic hydroxyl groups excluding tert-OH is 2. The minimum Gasteiger partial charge on any atom is -0.393 e. The van der Waals surface area contributed by atoms with E-state index in [1.807, 2.05) is 13.8 Å². The summed E-state index contributed by atoms with van der Waals surface area (Å²) in [5.41, 5.74) is 3.70. The molecule has 0 bridgehead atoms. The zero-order chi connectivity index (χ0) is 23.7. The quantitative estimate of drug-likeness (QED) is 0.363. The molecule has 3 aliphatic rings. The van der Waals surface area contributed by atoms with Crippen LogP contribution in [0.25, 0.3) is 0 Å². The molecule has 4 heteroatoms. The van der Waals surface area contributed by atoms with Crippen molar-refractivity contribution < 1.29 is 20.1 Å². The smallest absolute Gasteiger partial charge is 0.0840 e. The van der Waals surface area contributed by atoms with Crippen LogP contribution < -0.4 is 0 Å². The SMILES string of the molecule is C=C1/C(=C\C=C2/CCC[C@]3(C)C(C(C)(C)OCCCC(C)(C)O)=CC[C@@H]23)C[C@@H](O)C[C@@H]1O. The highest BCUT2D eigenvalue weighted by atomic mass is 16.5. The summed E-state index contributed by atoms with van der Waals surface area (Å²) in [6, 6.07) is 0. The Morgan fingerprint density at radius 2 is 1.94 bits per heavy atom. The molecule has 0 unspecified atom stereocenters. The molecule has 4 atom stereocenters. The Labute approximate surface area is 194 Å². The Kier molecular flexibility index (Phi) is 7.61. The van der Waals surface area contributed by atoms with Crippen molar-refractivity contribution in [3.63, 3.8) is 0 Å². The zero-order valence-corrected chi connectivity index (χ0v) is 20.8. The molecule has 180 valence electrons. The Morgan fingerprint density at radius 1 is 1.22 bits per heavy atom. The lowest BCUT2D eigenvalue weighted by molar-refractivity contribution is -0.0191. The predicted octanol–water partition coefficient (Wildman–Crippen LogP) is 5.39. The van der Waals surface area contributed by atoms with Crippen molar-refractivity contribution in [1.29, 1.82) is 0 Å². The predicted molar refractivity (Wildman–Crippen MR) is 130 cm³/mol. The highest BCUT2D eigenvalue weighted by molar-refractivity contribution is 5.41. The molecule has 0 aromatic rings. The molecule has 3 N–H and O–H groups in total. The van der Waals surface area contributed by atoms with Gasteiger partial charge in [0.1, 0.15) is 0 Å². The first kappa shape index (κ1) is 25.4. The number of hydrogen-bond acceptors (Lipinski definition) is 4. The molecule has 32 heavy (non-hydrogen) atoms. The van der Waals surface area contributed by atoms with E-state index >= 15 is 0 Å². The summed E-state index contributed by atoms with van der Waals surface area (Å²) in [7, 11) is 0. The van der Waals surface area contributed by atoms with Crippen molar-refractivity contribution in [3.05, 3.63) is 47.1 Å². The fourth-order valence-corrected chi connectivity index (χ4v) is 6.13. The van der Waals surface area contributed by atoms with E-state index in [-0.39, 0.29) is 11.0 Å². The van der Waals surface area contributed by atoms with Crippen LogP contribution in [-0.2, 0) is 4.74 Å². The lowest BCUT2D eigenvalue weighted by Gasteiger charge is -2.45. The van der Waals surface area contributed by atoms with Crippen LogP contribution in [0.1, 0.15) is 86.0 Å². The van der Waals surface area contributed by atoms with Gasteiger partial charge >= 0.3 is 0 Å². The van der Waals surface area contributed by atoms with E-state index in [1.54, 1.807) is 0 Å². The average molecular weight is 445 g/mol. The monoisotopic (exact) mass is 444 g/mol. The fraction of sp³-hybridized carbons (Fsp3) is 0.714. The first-order chi connectivity index (χ1) is 14.8. The zero-order valence-electron chi connectivity index (χ0n) is 20.8. The topological polar surface area (TPSA) is 69.9 Å². The van der Waals surface area contributed by atoms with Gasteiger partial charge in [-0.1, -0.05) is 37.3 Å². The Bertz CT molecular complexity index is 795. The van der Waals surface area contributed by atoms with Crippen molar-refractivity contribution in [2.45, 2.75) is 109 Å². The van der Waals surface area contributed by atoms with Gasteiger partial charge in [0, 0.05) is 13.0 Å². The number of fused-ring (bicyclic) bond motifs is 1. The van der Waals surface area contributed by atoms with E-state index in [4.69, 9.17) is 4.74 Å². The molecular formula is C28H44O4. The summed E-state index contributed by atoms with van der Waals surface area (Å²) in [6.45, 7) is 15.2. The van der Waals surface area contributed by atoms with E-state index in [1.165, 1.54) is 11.1 Å². The lowest BCUT2D eigenvalue weighted by atomic mass is 9.62. The van der Waals surface area contributed by atoms with Gasteiger partial charge in [0.15, 0.2) is 0 Å². The van der Waals surface area contributed by atoms with Crippen LogP contribution in [0, 0.1) is 11.3 Å². The molecule has 2 fully saturated rings. The maximum absolute atomic E-state index is 10.1. The Morgan fingerprint density at radius 3 is 2.62 bits per heavy atom. The molecule has 0 aromatic carbocycles. The summed E-state index contributed by atoms with van der Waals surface area (Å²) >= 11 is 0. The Hall–Kier alpha value is -1.20. The molecule has 0 saturated heterocycles. The van der Waals surface area contributed by atoms with Crippen LogP contribution in [0.4, 0.5) is 0 Å². The van der Waals surface area contributed by atoms with Crippen LogP contribution >= 0.6 is 0 Å². The third-order valence-electron chi connectivity index (χ3n) is 7.86. The van der Waals surface area contributed by atoms with Crippen LogP contribution in [0.3, 0.4) is 0 Å². The van der Waals surface area contributed by atoms with Gasteiger partial charge in [0.2, 0.25) is 0 Å². The van der Waals surface area contributed by atoms with E-state index in [0.717, 1.165) is 49.7 Å². The molecule has 0 heterocycles. The van der Waals surface area contributed by atoms with Crippen molar-refractivity contribution in [3.8, 4) is 0 Å². The third kappa shape index (κ3) is 5.64. The highest BCUT2D eigenvalue weighted by Gasteiger charge is 2.49. The van der Waals surface area contributed by atoms with Gasteiger partial charge in [-0.2, -0.15) is 0 Å². The molecule has 0 amide bonds. The molecule has 0 aliphatic heterocycles. The van der Waals surface area contributed by atoms with E-state index in [2.05, 4.69) is 45.6 Å². The second kappa shape index (κ2) is 9.58. The van der Waals surface area contributed by atoms with Crippen molar-refractivity contribution in [1.82, 2.24) is 0 Å². The minimum absolute atomic E-state index is 0.0882. The van der Waals surface area contributed by atoms with E-state index in [9.17, 15) is 15.3 Å². The number of rotatable bonds is 7. The van der Waals surface area contributed by atoms with Crippen molar-refractivity contribution >= 4 is 0 Å². The third-order valence-corrected chi connectivity index (χ3v) is 7.86. The van der Waals surface area contributed by atoms with Crippen molar-refractivity contribution in [2.75, 3.05) is 6.61 Å². The lowest BCUT2D eigenvalue weighted by Crippen LogP contribution is -2.40. The standard InChI is InChI=1S/C28H44O4/c1-19-21(17-22(29)18-24(19)30)11-10-20-9-7-15-28(6)23(20)12-13-25(28)27(4,5)32-16-8-14-26(2,3)31/h10-11,13,22-24,29-31H,1,7-9,12,14-18H2,2-6H3/b20-10+,21-11-/t22-,23+,24+,28+/m1/s1. The fourth-order valence-electron chi connectivity index (χ4n) is 6.13. The molecule has 4 nitrogen and oxygen atoms in total. The highest BCUT2D eigenvalue weighted by Crippen LogP contribution is 2.57. The first-order valence-corrected chi connectivity index (χ1v) is 12.4.